The van der Waals surface area contributed by atoms with Gasteiger partial charge in [-0.1, -0.05) is 0 Å². The number of nitrogen functional groups attached to an aromatic ring is 1. The van der Waals surface area contributed by atoms with E-state index in [1.807, 2.05) is 6.07 Å². The fourth-order valence-electron chi connectivity index (χ4n) is 1.66. The van der Waals surface area contributed by atoms with Crippen molar-refractivity contribution in [3.8, 4) is 0 Å². The number of H-pyrrole nitrogens is 1. The van der Waals surface area contributed by atoms with Crippen molar-refractivity contribution in [3.63, 3.8) is 0 Å². The molecule has 0 amide bonds. The van der Waals surface area contributed by atoms with Crippen LogP contribution < -0.4 is 11.1 Å². The number of hydrogen-bond acceptors (Lipinski definition) is 6. The quantitative estimate of drug-likeness (QED) is 0.595. The van der Waals surface area contributed by atoms with Crippen molar-refractivity contribution in [2.75, 3.05) is 17.6 Å². The Hall–Kier alpha value is -2.57. The molecule has 7 heteroatoms. The molecule has 0 saturated carbocycles. The zero-order chi connectivity index (χ0) is 12.4. The molecule has 0 aliphatic rings. The zero-order valence-corrected chi connectivity index (χ0v) is 9.55. The van der Waals surface area contributed by atoms with Crippen LogP contribution in [0.5, 0.6) is 0 Å². The number of benzene rings is 1. The highest BCUT2D eigenvalue weighted by molar-refractivity contribution is 5.78. The van der Waals surface area contributed by atoms with Gasteiger partial charge in [0.1, 0.15) is 17.7 Å². The van der Waals surface area contributed by atoms with Gasteiger partial charge < -0.3 is 15.5 Å². The van der Waals surface area contributed by atoms with Crippen LogP contribution in [0.2, 0.25) is 0 Å². The highest BCUT2D eigenvalue weighted by Crippen LogP contribution is 2.20. The first-order chi connectivity index (χ1) is 8.81. The molecule has 0 radical (unpaired) electrons. The number of nitrogens with one attached hydrogen (secondary N) is 2. The monoisotopic (exact) mass is 244 g/mol. The first-order valence-corrected chi connectivity index (χ1v) is 5.55. The number of aromatic amines is 1. The normalized spacial score (nSPS) is 10.9. The predicted octanol–water partition coefficient (Wildman–Crippen LogP) is 1.18. The Bertz CT molecular complexity index is 645. The Morgan fingerprint density at radius 1 is 1.39 bits per heavy atom. The minimum Gasteiger partial charge on any atom is -0.423 e. The number of nitrogens with two attached hydrogens (primary N) is 1. The lowest BCUT2D eigenvalue weighted by Crippen LogP contribution is -2.06. The molecule has 92 valence electrons. The summed E-state index contributed by atoms with van der Waals surface area (Å²) in [6, 6.07) is 5.86. The van der Waals surface area contributed by atoms with Gasteiger partial charge in [-0.05, 0) is 12.1 Å². The van der Waals surface area contributed by atoms with Crippen LogP contribution >= 0.6 is 0 Å². The van der Waals surface area contributed by atoms with E-state index >= 15 is 0 Å². The van der Waals surface area contributed by atoms with E-state index in [0.29, 0.717) is 23.8 Å². The standard InChI is InChI=1S/C11H12N6O/c12-7-1-2-8-9(5-7)18-11(16-8)13-4-3-10-14-6-15-17-10/h1-2,5-6H,3-4,12H2,(H,13,16)(H,14,15,17). The number of hydrogen-bond donors (Lipinski definition) is 3. The molecule has 0 bridgehead atoms. The van der Waals surface area contributed by atoms with Gasteiger partial charge in [0.25, 0.3) is 6.01 Å². The second-order valence-electron chi connectivity index (χ2n) is 3.86. The van der Waals surface area contributed by atoms with Crippen LogP contribution in [-0.4, -0.2) is 26.7 Å². The Kier molecular flexibility index (Phi) is 2.56. The van der Waals surface area contributed by atoms with Gasteiger partial charge >= 0.3 is 0 Å². The van der Waals surface area contributed by atoms with E-state index in [0.717, 1.165) is 17.8 Å². The van der Waals surface area contributed by atoms with Crippen LogP contribution in [-0.2, 0) is 6.42 Å². The van der Waals surface area contributed by atoms with Crippen LogP contribution in [0, 0.1) is 0 Å². The summed E-state index contributed by atoms with van der Waals surface area (Å²) in [7, 11) is 0. The van der Waals surface area contributed by atoms with E-state index in [2.05, 4.69) is 25.5 Å². The molecule has 0 unspecified atom stereocenters. The Morgan fingerprint density at radius 2 is 2.33 bits per heavy atom. The van der Waals surface area contributed by atoms with Crippen LogP contribution in [0.3, 0.4) is 0 Å². The van der Waals surface area contributed by atoms with Gasteiger partial charge in [-0.2, -0.15) is 10.1 Å². The van der Waals surface area contributed by atoms with Crippen LogP contribution in [0.1, 0.15) is 5.82 Å². The minimum absolute atomic E-state index is 0.482. The molecule has 0 aliphatic carbocycles. The molecule has 0 saturated heterocycles. The zero-order valence-electron chi connectivity index (χ0n) is 9.55. The van der Waals surface area contributed by atoms with Gasteiger partial charge in [0, 0.05) is 24.7 Å². The van der Waals surface area contributed by atoms with E-state index in [-0.39, 0.29) is 0 Å². The maximum atomic E-state index is 5.67. The highest BCUT2D eigenvalue weighted by Gasteiger charge is 2.05. The lowest BCUT2D eigenvalue weighted by Gasteiger charge is -1.97. The fraction of sp³-hybridized carbons (Fsp3) is 0.182. The van der Waals surface area contributed by atoms with Gasteiger partial charge in [0.2, 0.25) is 0 Å². The second kappa shape index (κ2) is 4.36. The van der Waals surface area contributed by atoms with Crippen molar-refractivity contribution in [1.82, 2.24) is 20.2 Å². The van der Waals surface area contributed by atoms with Crippen molar-refractivity contribution >= 4 is 22.8 Å². The lowest BCUT2D eigenvalue weighted by atomic mass is 10.3. The fourth-order valence-corrected chi connectivity index (χ4v) is 1.66. The summed E-state index contributed by atoms with van der Waals surface area (Å²) >= 11 is 0. The maximum absolute atomic E-state index is 5.67. The van der Waals surface area contributed by atoms with E-state index in [1.54, 1.807) is 12.1 Å². The van der Waals surface area contributed by atoms with E-state index < -0.39 is 0 Å². The van der Waals surface area contributed by atoms with Crippen molar-refractivity contribution in [2.45, 2.75) is 6.42 Å². The number of fused-ring (bicyclic) bond motifs is 1. The first-order valence-electron chi connectivity index (χ1n) is 5.55. The smallest absolute Gasteiger partial charge is 0.295 e. The maximum Gasteiger partial charge on any atom is 0.295 e. The molecule has 1 aromatic carbocycles. The highest BCUT2D eigenvalue weighted by atomic mass is 16.4. The Balaban J connectivity index is 1.67. The summed E-state index contributed by atoms with van der Waals surface area (Å²) in [6.07, 6.45) is 2.21. The molecule has 2 heterocycles. The molecule has 0 atom stereocenters. The third kappa shape index (κ3) is 2.10. The third-order valence-corrected chi connectivity index (χ3v) is 2.52. The van der Waals surface area contributed by atoms with Crippen LogP contribution in [0.25, 0.3) is 11.1 Å². The van der Waals surface area contributed by atoms with Gasteiger partial charge in [0.15, 0.2) is 5.58 Å². The Labute approximate surface area is 102 Å². The van der Waals surface area contributed by atoms with Gasteiger partial charge in [-0.25, -0.2) is 4.98 Å². The topological polar surface area (TPSA) is 106 Å². The summed E-state index contributed by atoms with van der Waals surface area (Å²) in [5, 5.41) is 9.65. The molecule has 0 aliphatic heterocycles. The molecular formula is C11H12N6O. The van der Waals surface area contributed by atoms with E-state index in [9.17, 15) is 0 Å². The molecule has 0 fully saturated rings. The average molecular weight is 244 g/mol. The van der Waals surface area contributed by atoms with Gasteiger partial charge in [0.05, 0.1) is 0 Å². The lowest BCUT2D eigenvalue weighted by molar-refractivity contribution is 0.614. The summed E-state index contributed by atoms with van der Waals surface area (Å²) in [5.74, 6) is 0.822. The minimum atomic E-state index is 0.482. The van der Waals surface area contributed by atoms with Gasteiger partial charge in [-0.3, -0.25) is 5.10 Å². The number of aromatic nitrogens is 4. The molecular weight excluding hydrogens is 232 g/mol. The van der Waals surface area contributed by atoms with Gasteiger partial charge in [-0.15, -0.1) is 0 Å². The number of rotatable bonds is 4. The van der Waals surface area contributed by atoms with Crippen molar-refractivity contribution in [1.29, 1.82) is 0 Å². The van der Waals surface area contributed by atoms with Crippen LogP contribution in [0.15, 0.2) is 28.9 Å². The molecule has 4 N–H and O–H groups in total. The van der Waals surface area contributed by atoms with Crippen LogP contribution in [0.4, 0.5) is 11.7 Å². The average Bonchev–Trinajstić information content (AvgIpc) is 2.97. The summed E-state index contributed by atoms with van der Waals surface area (Å²) in [6.45, 7) is 0.664. The molecule has 3 rings (SSSR count). The van der Waals surface area contributed by atoms with Crippen molar-refractivity contribution in [3.05, 3.63) is 30.4 Å². The largest absolute Gasteiger partial charge is 0.423 e. The van der Waals surface area contributed by atoms with Crippen molar-refractivity contribution < 1.29 is 4.42 Å². The summed E-state index contributed by atoms with van der Waals surface area (Å²) in [5.41, 5.74) is 7.79. The molecule has 18 heavy (non-hydrogen) atoms. The SMILES string of the molecule is Nc1ccc2nc(NCCc3ncn[nH]3)oc2c1. The number of oxazole rings is 1. The molecule has 2 aromatic heterocycles. The summed E-state index contributed by atoms with van der Waals surface area (Å²) < 4.78 is 5.52. The predicted molar refractivity (Wildman–Crippen MR) is 67.0 cm³/mol. The third-order valence-electron chi connectivity index (χ3n) is 2.52. The molecule has 3 aromatic rings. The molecule has 0 spiro atoms. The van der Waals surface area contributed by atoms with Crippen molar-refractivity contribution in [2.24, 2.45) is 0 Å². The van der Waals surface area contributed by atoms with E-state index in [1.165, 1.54) is 6.33 Å². The number of anilines is 2. The summed E-state index contributed by atoms with van der Waals surface area (Å²) in [4.78, 5) is 8.32. The van der Waals surface area contributed by atoms with E-state index in [4.69, 9.17) is 10.2 Å². The number of nitrogens with zero attached hydrogens (tertiary/aromatic N) is 3. The Morgan fingerprint density at radius 3 is 3.17 bits per heavy atom. The first kappa shape index (κ1) is 10.6. The molecule has 7 nitrogen and oxygen atoms in total. The second-order valence-corrected chi connectivity index (χ2v) is 3.86.